The van der Waals surface area contributed by atoms with E-state index in [4.69, 9.17) is 4.74 Å². The summed E-state index contributed by atoms with van der Waals surface area (Å²) in [4.78, 5) is 25.8. The smallest absolute Gasteiger partial charge is 0.271 e. The third kappa shape index (κ3) is 5.16. The number of non-ortho nitro benzene ring substituents is 1. The molecule has 1 fully saturated rings. The number of rotatable bonds is 9. The molecule has 0 bridgehead atoms. The maximum atomic E-state index is 13.0. The number of nitrogens with zero attached hydrogens (tertiary/aromatic N) is 2. The second kappa shape index (κ2) is 9.26. The van der Waals surface area contributed by atoms with Gasteiger partial charge in [0.15, 0.2) is 0 Å². The van der Waals surface area contributed by atoms with E-state index in [0.717, 1.165) is 12.8 Å². The van der Waals surface area contributed by atoms with E-state index in [1.165, 1.54) is 36.4 Å². The van der Waals surface area contributed by atoms with E-state index in [-0.39, 0.29) is 17.6 Å². The van der Waals surface area contributed by atoms with E-state index in [2.05, 4.69) is 48.3 Å². The van der Waals surface area contributed by atoms with E-state index < -0.39 is 4.92 Å². The number of benzene rings is 2. The van der Waals surface area contributed by atoms with Crippen molar-refractivity contribution >= 4 is 17.3 Å². The molecule has 0 aliphatic heterocycles. The second-order valence-electron chi connectivity index (χ2n) is 8.11. The number of nitro groups is 1. The first kappa shape index (κ1) is 21.8. The van der Waals surface area contributed by atoms with Crippen molar-refractivity contribution in [1.29, 1.82) is 0 Å². The van der Waals surface area contributed by atoms with Crippen LogP contribution in [0.25, 0.3) is 0 Å². The van der Waals surface area contributed by atoms with Gasteiger partial charge in [0.25, 0.3) is 5.69 Å². The second-order valence-corrected chi connectivity index (χ2v) is 8.11. The van der Waals surface area contributed by atoms with Gasteiger partial charge in [0.05, 0.1) is 23.8 Å². The predicted octanol–water partition coefficient (Wildman–Crippen LogP) is 4.72. The number of nitro benzene ring substituents is 1. The zero-order chi connectivity index (χ0) is 21.8. The van der Waals surface area contributed by atoms with Crippen molar-refractivity contribution in [2.75, 3.05) is 12.4 Å². The van der Waals surface area contributed by atoms with Crippen LogP contribution < -0.4 is 10.1 Å². The Morgan fingerprint density at radius 1 is 1.20 bits per heavy atom. The number of carbonyl (C=O) groups excluding carboxylic acids is 1. The van der Waals surface area contributed by atoms with Crippen molar-refractivity contribution < 1.29 is 14.5 Å². The average Bonchev–Trinajstić information content (AvgIpc) is 3.56. The fourth-order valence-electron chi connectivity index (χ4n) is 3.50. The number of hydrogen-bond acceptors (Lipinski definition) is 5. The molecule has 0 aromatic heterocycles. The standard InChI is InChI=1S/C23H29N3O4/c1-15(2)18-7-5-17(6-8-18)14-25(19-9-10-19)16(3)23(27)24-21-13-20(26(28)29)11-12-22(21)30-4/h5-8,11-13,15-16,19H,9-10,14H2,1-4H3,(H,24,27)/t16-/m0/s1. The Bertz CT molecular complexity index is 907. The summed E-state index contributed by atoms with van der Waals surface area (Å²) in [7, 11) is 1.47. The van der Waals surface area contributed by atoms with Gasteiger partial charge in [0.1, 0.15) is 5.75 Å². The molecule has 1 N–H and O–H groups in total. The molecule has 0 heterocycles. The quantitative estimate of drug-likeness (QED) is 0.477. The van der Waals surface area contributed by atoms with Gasteiger partial charge < -0.3 is 10.1 Å². The van der Waals surface area contributed by atoms with Crippen molar-refractivity contribution in [1.82, 2.24) is 4.90 Å². The zero-order valence-electron chi connectivity index (χ0n) is 17.9. The number of methoxy groups -OCH3 is 1. The van der Waals surface area contributed by atoms with E-state index in [1.54, 1.807) is 0 Å². The van der Waals surface area contributed by atoms with Gasteiger partial charge in [-0.1, -0.05) is 38.1 Å². The van der Waals surface area contributed by atoms with Crippen LogP contribution in [0.15, 0.2) is 42.5 Å². The minimum Gasteiger partial charge on any atom is -0.495 e. The Labute approximate surface area is 177 Å². The molecular weight excluding hydrogens is 382 g/mol. The normalized spacial score (nSPS) is 14.6. The lowest BCUT2D eigenvalue weighted by Gasteiger charge is -2.28. The maximum absolute atomic E-state index is 13.0. The number of anilines is 1. The van der Waals surface area contributed by atoms with Gasteiger partial charge in [0, 0.05) is 24.7 Å². The molecule has 7 nitrogen and oxygen atoms in total. The summed E-state index contributed by atoms with van der Waals surface area (Å²) in [5, 5.41) is 13.9. The average molecular weight is 412 g/mol. The Morgan fingerprint density at radius 2 is 1.87 bits per heavy atom. The van der Waals surface area contributed by atoms with Gasteiger partial charge in [-0.05, 0) is 42.9 Å². The van der Waals surface area contributed by atoms with E-state index in [1.807, 2.05) is 6.92 Å². The summed E-state index contributed by atoms with van der Waals surface area (Å²) in [5.74, 6) is 0.663. The van der Waals surface area contributed by atoms with E-state index >= 15 is 0 Å². The van der Waals surface area contributed by atoms with Gasteiger partial charge in [-0.3, -0.25) is 19.8 Å². The molecule has 1 aliphatic carbocycles. The van der Waals surface area contributed by atoms with Crippen LogP contribution in [0.2, 0.25) is 0 Å². The third-order valence-electron chi connectivity index (χ3n) is 5.56. The molecule has 1 atom stereocenters. The maximum Gasteiger partial charge on any atom is 0.271 e. The summed E-state index contributed by atoms with van der Waals surface area (Å²) < 4.78 is 5.26. The first-order chi connectivity index (χ1) is 14.3. The highest BCUT2D eigenvalue weighted by molar-refractivity contribution is 5.96. The molecule has 160 valence electrons. The molecule has 0 radical (unpaired) electrons. The molecule has 7 heteroatoms. The minimum atomic E-state index is -0.490. The molecule has 1 aliphatic rings. The number of nitrogens with one attached hydrogen (secondary N) is 1. The zero-order valence-corrected chi connectivity index (χ0v) is 17.9. The molecule has 1 saturated carbocycles. The monoisotopic (exact) mass is 411 g/mol. The minimum absolute atomic E-state index is 0.0944. The SMILES string of the molecule is COc1ccc([N+](=O)[O-])cc1NC(=O)[C@H](C)N(Cc1ccc(C(C)C)cc1)C1CC1. The molecule has 0 spiro atoms. The Kier molecular flexibility index (Phi) is 6.72. The van der Waals surface area contributed by atoms with Gasteiger partial charge in [0.2, 0.25) is 5.91 Å². The van der Waals surface area contributed by atoms with Crippen molar-refractivity contribution in [3.05, 3.63) is 63.7 Å². The predicted molar refractivity (Wildman–Crippen MR) is 117 cm³/mol. The summed E-state index contributed by atoms with van der Waals surface area (Å²) in [6.07, 6.45) is 2.14. The highest BCUT2D eigenvalue weighted by Crippen LogP contribution is 2.32. The Morgan fingerprint density at radius 3 is 2.40 bits per heavy atom. The summed E-state index contributed by atoms with van der Waals surface area (Å²) in [6.45, 7) is 6.89. The first-order valence-electron chi connectivity index (χ1n) is 10.3. The topological polar surface area (TPSA) is 84.7 Å². The molecule has 3 rings (SSSR count). The van der Waals surface area contributed by atoms with Crippen LogP contribution in [0.1, 0.15) is 50.7 Å². The van der Waals surface area contributed by atoms with E-state index in [9.17, 15) is 14.9 Å². The van der Waals surface area contributed by atoms with Crippen LogP contribution in [0.5, 0.6) is 5.75 Å². The summed E-state index contributed by atoms with van der Waals surface area (Å²) in [5.41, 5.74) is 2.67. The van der Waals surface area contributed by atoms with Crippen LogP contribution in [-0.2, 0) is 11.3 Å². The first-order valence-corrected chi connectivity index (χ1v) is 10.3. The summed E-state index contributed by atoms with van der Waals surface area (Å²) >= 11 is 0. The highest BCUT2D eigenvalue weighted by Gasteiger charge is 2.35. The molecule has 2 aromatic carbocycles. The highest BCUT2D eigenvalue weighted by atomic mass is 16.6. The fourth-order valence-corrected chi connectivity index (χ4v) is 3.50. The van der Waals surface area contributed by atoms with Gasteiger partial charge in [-0.15, -0.1) is 0 Å². The van der Waals surface area contributed by atoms with Crippen molar-refractivity contribution in [3.63, 3.8) is 0 Å². The third-order valence-corrected chi connectivity index (χ3v) is 5.56. The molecule has 1 amide bonds. The van der Waals surface area contributed by atoms with Crippen LogP contribution in [0, 0.1) is 10.1 Å². The van der Waals surface area contributed by atoms with Crippen molar-refractivity contribution in [2.45, 2.75) is 58.2 Å². The van der Waals surface area contributed by atoms with Crippen LogP contribution >= 0.6 is 0 Å². The van der Waals surface area contributed by atoms with Gasteiger partial charge in [-0.25, -0.2) is 0 Å². The lowest BCUT2D eigenvalue weighted by Crippen LogP contribution is -2.43. The van der Waals surface area contributed by atoms with Crippen molar-refractivity contribution in [2.24, 2.45) is 0 Å². The molecule has 0 unspecified atom stereocenters. The van der Waals surface area contributed by atoms with Crippen LogP contribution in [0.4, 0.5) is 11.4 Å². The Hall–Kier alpha value is -2.93. The number of amides is 1. The Balaban J connectivity index is 1.74. The van der Waals surface area contributed by atoms with Gasteiger partial charge in [-0.2, -0.15) is 0 Å². The largest absolute Gasteiger partial charge is 0.495 e. The van der Waals surface area contributed by atoms with Crippen LogP contribution in [-0.4, -0.2) is 34.9 Å². The van der Waals surface area contributed by atoms with Crippen molar-refractivity contribution in [3.8, 4) is 5.75 Å². The fraction of sp³-hybridized carbons (Fsp3) is 0.435. The van der Waals surface area contributed by atoms with Gasteiger partial charge >= 0.3 is 0 Å². The molecule has 0 saturated heterocycles. The molecular formula is C23H29N3O4. The molecule has 30 heavy (non-hydrogen) atoms. The number of ether oxygens (including phenoxy) is 1. The van der Waals surface area contributed by atoms with E-state index in [0.29, 0.717) is 29.9 Å². The summed E-state index contributed by atoms with van der Waals surface area (Å²) in [6, 6.07) is 12.7. The molecule has 2 aromatic rings. The van der Waals surface area contributed by atoms with Crippen LogP contribution in [0.3, 0.4) is 0 Å². The lowest BCUT2D eigenvalue weighted by molar-refractivity contribution is -0.384. The number of carbonyl (C=O) groups is 1. The lowest BCUT2D eigenvalue weighted by atomic mass is 10.0. The number of hydrogen-bond donors (Lipinski definition) is 1.